The number of nitrogens with zero attached hydrogens (tertiary/aromatic N) is 1. The van der Waals surface area contributed by atoms with Gasteiger partial charge in [-0.1, -0.05) is 46.1 Å². The molecule has 1 aliphatic heterocycles. The molecule has 3 atom stereocenters. The fraction of sp³-hybridized carbons (Fsp3) is 0.381. The van der Waals surface area contributed by atoms with E-state index >= 15 is 0 Å². The van der Waals surface area contributed by atoms with Gasteiger partial charge < -0.3 is 9.57 Å². The second-order valence-electron chi connectivity index (χ2n) is 7.31. The summed E-state index contributed by atoms with van der Waals surface area (Å²) in [6.45, 7) is 6.81. The third-order valence-electron chi connectivity index (χ3n) is 5.36. The molecule has 10 heteroatoms. The van der Waals surface area contributed by atoms with Crippen LogP contribution in [-0.2, 0) is 20.4 Å². The summed E-state index contributed by atoms with van der Waals surface area (Å²) in [6.07, 6.45) is -5.03. The Morgan fingerprint density at radius 3 is 2.00 bits per heavy atom. The van der Waals surface area contributed by atoms with E-state index in [4.69, 9.17) is 32.8 Å². The van der Waals surface area contributed by atoms with Crippen molar-refractivity contribution < 1.29 is 27.0 Å². The summed E-state index contributed by atoms with van der Waals surface area (Å²) in [4.78, 5) is 5.06. The van der Waals surface area contributed by atoms with E-state index in [1.807, 2.05) is 6.92 Å². The van der Waals surface area contributed by atoms with Gasteiger partial charge in [-0.25, -0.2) is 0 Å². The van der Waals surface area contributed by atoms with Gasteiger partial charge in [0, 0.05) is 27.6 Å². The first-order valence-electron chi connectivity index (χ1n) is 9.17. The number of halogens is 5. The Labute approximate surface area is 190 Å². The predicted octanol–water partition coefficient (Wildman–Crippen LogP) is 6.04. The van der Waals surface area contributed by atoms with E-state index in [0.29, 0.717) is 16.7 Å². The molecule has 0 radical (unpaired) electrons. The lowest BCUT2D eigenvalue weighted by molar-refractivity contribution is -0.362. The van der Waals surface area contributed by atoms with Gasteiger partial charge in [-0.3, -0.25) is 4.21 Å². The first kappa shape index (κ1) is 24.0. The van der Waals surface area contributed by atoms with Crippen LogP contribution in [0, 0.1) is 27.7 Å². The second-order valence-corrected chi connectivity index (χ2v) is 9.60. The van der Waals surface area contributed by atoms with Crippen molar-refractivity contribution in [1.29, 1.82) is 0 Å². The highest BCUT2D eigenvalue weighted by atomic mass is 35.5. The third-order valence-corrected chi connectivity index (χ3v) is 8.19. The third kappa shape index (κ3) is 3.77. The maximum absolute atomic E-state index is 14.2. The lowest BCUT2D eigenvalue weighted by Crippen LogP contribution is -2.58. The fourth-order valence-electron chi connectivity index (χ4n) is 3.62. The summed E-state index contributed by atoms with van der Waals surface area (Å²) in [7, 11) is -1.39. The van der Waals surface area contributed by atoms with E-state index in [0.717, 1.165) is 12.7 Å². The smallest absolute Gasteiger partial charge is 0.348 e. The number of oxime groups is 1. The molecule has 0 aromatic heterocycles. The highest BCUT2D eigenvalue weighted by Crippen LogP contribution is 2.47. The van der Waals surface area contributed by atoms with Crippen molar-refractivity contribution in [3.05, 3.63) is 62.1 Å². The van der Waals surface area contributed by atoms with Gasteiger partial charge in [-0.05, 0) is 56.5 Å². The van der Waals surface area contributed by atoms with Crippen LogP contribution >= 0.6 is 23.2 Å². The number of hydrogen-bond donors (Lipinski definition) is 0. The fourth-order valence-corrected chi connectivity index (χ4v) is 5.65. The van der Waals surface area contributed by atoms with Crippen LogP contribution in [0.5, 0.6) is 0 Å². The van der Waals surface area contributed by atoms with Gasteiger partial charge in [0.1, 0.15) is 5.71 Å². The predicted molar refractivity (Wildman–Crippen MR) is 115 cm³/mol. The first-order chi connectivity index (χ1) is 14.4. The Morgan fingerprint density at radius 2 is 1.55 bits per heavy atom. The standard InChI is InChI=1S/C21H20Cl2F3NO3S/c1-10-6-8-14(9-7-10)31(28)19-18(27-30-20(19,29-5)21(24,25)26)15-11(2)16(22)13(4)17(23)12(15)3/h6-9,19H,1-5H3/t19?,20-,31?/m0/s1. The zero-order valence-corrected chi connectivity index (χ0v) is 19.7. The molecule has 1 heterocycles. The molecule has 0 bridgehead atoms. The molecule has 2 unspecified atom stereocenters. The van der Waals surface area contributed by atoms with Crippen molar-refractivity contribution in [3.8, 4) is 0 Å². The van der Waals surface area contributed by atoms with Crippen molar-refractivity contribution in [1.82, 2.24) is 0 Å². The van der Waals surface area contributed by atoms with Crippen LogP contribution in [0.3, 0.4) is 0 Å². The van der Waals surface area contributed by atoms with Gasteiger partial charge in [-0.15, -0.1) is 0 Å². The highest BCUT2D eigenvalue weighted by Gasteiger charge is 2.70. The minimum atomic E-state index is -5.03. The molecule has 4 nitrogen and oxygen atoms in total. The summed E-state index contributed by atoms with van der Waals surface area (Å²) in [5, 5.41) is 2.50. The molecule has 0 spiro atoms. The molecule has 168 valence electrons. The molecule has 0 saturated heterocycles. The van der Waals surface area contributed by atoms with Crippen molar-refractivity contribution in [2.24, 2.45) is 5.16 Å². The van der Waals surface area contributed by atoms with Gasteiger partial charge in [0.15, 0.2) is 5.25 Å². The minimum Gasteiger partial charge on any atom is -0.348 e. The van der Waals surface area contributed by atoms with E-state index < -0.39 is 28.0 Å². The molecule has 1 aliphatic rings. The van der Waals surface area contributed by atoms with E-state index in [9.17, 15) is 17.4 Å². The highest BCUT2D eigenvalue weighted by molar-refractivity contribution is 7.86. The Hall–Kier alpha value is -1.61. The summed E-state index contributed by atoms with van der Waals surface area (Å²) < 4.78 is 61.0. The summed E-state index contributed by atoms with van der Waals surface area (Å²) >= 11 is 12.8. The van der Waals surface area contributed by atoms with Crippen LogP contribution in [0.4, 0.5) is 13.2 Å². The van der Waals surface area contributed by atoms with Crippen LogP contribution in [0.2, 0.25) is 10.0 Å². The van der Waals surface area contributed by atoms with Gasteiger partial charge in [0.05, 0.1) is 10.8 Å². The summed E-state index contributed by atoms with van der Waals surface area (Å²) in [6, 6.07) is 6.34. The molecule has 0 fully saturated rings. The van der Waals surface area contributed by atoms with Crippen LogP contribution < -0.4 is 0 Å². The average Bonchev–Trinajstić information content (AvgIpc) is 3.11. The Kier molecular flexibility index (Phi) is 6.50. The van der Waals surface area contributed by atoms with Crippen molar-refractivity contribution in [2.45, 2.75) is 49.8 Å². The lowest BCUT2D eigenvalue weighted by Gasteiger charge is -2.33. The molecular formula is C21H20Cl2F3NO3S. The molecule has 0 aliphatic carbocycles. The maximum atomic E-state index is 14.2. The van der Waals surface area contributed by atoms with Crippen molar-refractivity contribution in [2.75, 3.05) is 7.11 Å². The number of aryl methyl sites for hydroxylation is 1. The molecule has 0 N–H and O–H groups in total. The van der Waals surface area contributed by atoms with Crippen molar-refractivity contribution >= 4 is 39.7 Å². The van der Waals surface area contributed by atoms with Crippen LogP contribution in [0.25, 0.3) is 0 Å². The number of alkyl halides is 3. The van der Waals surface area contributed by atoms with E-state index in [-0.39, 0.29) is 26.2 Å². The number of benzene rings is 2. The van der Waals surface area contributed by atoms with E-state index in [2.05, 4.69) is 5.16 Å². The van der Waals surface area contributed by atoms with E-state index in [1.165, 1.54) is 12.1 Å². The van der Waals surface area contributed by atoms with Crippen LogP contribution in [0.15, 0.2) is 34.3 Å². The first-order valence-corrected chi connectivity index (χ1v) is 11.1. The average molecular weight is 494 g/mol. The molecule has 31 heavy (non-hydrogen) atoms. The largest absolute Gasteiger partial charge is 0.459 e. The molecule has 0 saturated carbocycles. The molecule has 2 aromatic carbocycles. The van der Waals surface area contributed by atoms with Gasteiger partial charge >= 0.3 is 12.0 Å². The van der Waals surface area contributed by atoms with Gasteiger partial charge in [-0.2, -0.15) is 13.2 Å². The van der Waals surface area contributed by atoms with Gasteiger partial charge in [0.2, 0.25) is 0 Å². The summed E-state index contributed by atoms with van der Waals surface area (Å²) in [5.41, 5.74) is 2.46. The Morgan fingerprint density at radius 1 is 1.03 bits per heavy atom. The summed E-state index contributed by atoms with van der Waals surface area (Å²) in [5.74, 6) is -3.24. The van der Waals surface area contributed by atoms with E-state index in [1.54, 1.807) is 32.9 Å². The number of rotatable bonds is 4. The quantitative estimate of drug-likeness (QED) is 0.521. The number of methoxy groups -OCH3 is 1. The normalized spacial score (nSPS) is 22.3. The second kappa shape index (κ2) is 8.39. The molecular weight excluding hydrogens is 474 g/mol. The number of hydrogen-bond acceptors (Lipinski definition) is 4. The van der Waals surface area contributed by atoms with Gasteiger partial charge in [0.25, 0.3) is 0 Å². The lowest BCUT2D eigenvalue weighted by atomic mass is 9.92. The van der Waals surface area contributed by atoms with Crippen molar-refractivity contribution in [3.63, 3.8) is 0 Å². The van der Waals surface area contributed by atoms with Crippen LogP contribution in [-0.4, -0.2) is 34.2 Å². The SMILES string of the molecule is CO[C@]1(C(F)(F)F)ON=C(c2c(C)c(Cl)c(C)c(Cl)c2C)C1S(=O)c1ccc(C)cc1. The molecule has 3 rings (SSSR count). The minimum absolute atomic E-state index is 0.180. The Balaban J connectivity index is 2.28. The zero-order chi connectivity index (χ0) is 23.3. The molecule has 2 aromatic rings. The van der Waals surface area contributed by atoms with Crippen LogP contribution in [0.1, 0.15) is 27.8 Å². The number of ether oxygens (including phenoxy) is 1. The molecule has 0 amide bonds. The zero-order valence-electron chi connectivity index (χ0n) is 17.4. The Bertz CT molecular complexity index is 1060. The topological polar surface area (TPSA) is 47.9 Å². The maximum Gasteiger partial charge on any atom is 0.459 e. The monoisotopic (exact) mass is 493 g/mol.